The summed E-state index contributed by atoms with van der Waals surface area (Å²) in [5.41, 5.74) is 0.564. The summed E-state index contributed by atoms with van der Waals surface area (Å²) in [7, 11) is 0.383. The number of rotatable bonds is 4. The van der Waals surface area contributed by atoms with E-state index in [9.17, 15) is 13.2 Å². The lowest BCUT2D eigenvalue weighted by molar-refractivity contribution is -0.120. The third kappa shape index (κ3) is 3.95. The van der Waals surface area contributed by atoms with Gasteiger partial charge in [-0.1, -0.05) is 6.42 Å². The van der Waals surface area contributed by atoms with Gasteiger partial charge < -0.3 is 10.2 Å². The second-order valence-corrected chi connectivity index (χ2v) is 7.61. The molecule has 2 heterocycles. The molecule has 1 aromatic rings. The first-order valence-electron chi connectivity index (χ1n) is 7.20. The Labute approximate surface area is 131 Å². The van der Waals surface area contributed by atoms with Gasteiger partial charge in [0.05, 0.1) is 18.1 Å². The molecule has 0 aliphatic carbocycles. The molecule has 1 atom stereocenters. The van der Waals surface area contributed by atoms with Gasteiger partial charge in [0.1, 0.15) is 11.9 Å². The number of nitrogens with one attached hydrogen (secondary N) is 1. The van der Waals surface area contributed by atoms with Crippen LogP contribution in [0.25, 0.3) is 0 Å². The van der Waals surface area contributed by atoms with E-state index in [1.165, 1.54) is 4.31 Å². The number of pyridine rings is 1. The highest BCUT2D eigenvalue weighted by molar-refractivity contribution is 7.88. The quantitative estimate of drug-likeness (QED) is 0.889. The van der Waals surface area contributed by atoms with Crippen LogP contribution in [0.3, 0.4) is 0 Å². The Bertz CT molecular complexity index is 628. The Hall–Kier alpha value is -1.67. The van der Waals surface area contributed by atoms with Crippen LogP contribution in [0.2, 0.25) is 0 Å². The molecule has 8 heteroatoms. The summed E-state index contributed by atoms with van der Waals surface area (Å²) in [5.74, 6) is 0.484. The first-order valence-corrected chi connectivity index (χ1v) is 9.05. The van der Waals surface area contributed by atoms with Gasteiger partial charge in [-0.2, -0.15) is 4.31 Å². The number of piperidine rings is 1. The molecule has 122 valence electrons. The van der Waals surface area contributed by atoms with Crippen LogP contribution in [-0.4, -0.2) is 56.6 Å². The third-order valence-electron chi connectivity index (χ3n) is 3.66. The fourth-order valence-corrected chi connectivity index (χ4v) is 3.64. The van der Waals surface area contributed by atoms with E-state index in [4.69, 9.17) is 0 Å². The van der Waals surface area contributed by atoms with Gasteiger partial charge in [-0.25, -0.2) is 13.4 Å². The number of sulfonamides is 1. The van der Waals surface area contributed by atoms with Crippen molar-refractivity contribution in [3.8, 4) is 0 Å². The van der Waals surface area contributed by atoms with Crippen molar-refractivity contribution in [3.63, 3.8) is 0 Å². The number of carbonyl (C=O) groups excluding carboxylic acids is 1. The molecule has 1 fully saturated rings. The highest BCUT2D eigenvalue weighted by Crippen LogP contribution is 2.21. The Morgan fingerprint density at radius 3 is 2.64 bits per heavy atom. The highest BCUT2D eigenvalue weighted by Gasteiger charge is 2.34. The highest BCUT2D eigenvalue weighted by atomic mass is 32.2. The van der Waals surface area contributed by atoms with Crippen LogP contribution in [0, 0.1) is 0 Å². The van der Waals surface area contributed by atoms with Gasteiger partial charge in [-0.05, 0) is 25.0 Å². The molecule has 1 saturated heterocycles. The zero-order valence-corrected chi connectivity index (χ0v) is 13.9. The molecule has 0 spiro atoms. The predicted octanol–water partition coefficient (Wildman–Crippen LogP) is 0.900. The Morgan fingerprint density at radius 1 is 1.36 bits per heavy atom. The third-order valence-corrected chi connectivity index (χ3v) is 4.94. The standard InChI is InChI=1S/C14H22N4O3S/c1-17(2)13-8-7-11(10-15-13)16-14(19)12-6-4-5-9-18(12)22(3,20)21/h7-8,10,12H,4-6,9H2,1-3H3,(H,16,19)/t12-/m0/s1. The number of carbonyl (C=O) groups is 1. The molecule has 1 aliphatic rings. The summed E-state index contributed by atoms with van der Waals surface area (Å²) in [6.45, 7) is 0.398. The Morgan fingerprint density at radius 2 is 2.09 bits per heavy atom. The topological polar surface area (TPSA) is 82.6 Å². The monoisotopic (exact) mass is 326 g/mol. The Balaban J connectivity index is 2.10. The van der Waals surface area contributed by atoms with Gasteiger partial charge in [0.15, 0.2) is 0 Å². The molecular formula is C14H22N4O3S. The molecule has 0 bridgehead atoms. The number of amides is 1. The van der Waals surface area contributed by atoms with Gasteiger partial charge in [-0.3, -0.25) is 4.79 Å². The van der Waals surface area contributed by atoms with Gasteiger partial charge in [0, 0.05) is 20.6 Å². The molecule has 0 radical (unpaired) electrons. The minimum atomic E-state index is -3.38. The summed E-state index contributed by atoms with van der Waals surface area (Å²) in [4.78, 5) is 18.5. The average Bonchev–Trinajstić information content (AvgIpc) is 2.47. The lowest BCUT2D eigenvalue weighted by Gasteiger charge is -2.32. The molecule has 7 nitrogen and oxygen atoms in total. The summed E-state index contributed by atoms with van der Waals surface area (Å²) in [5, 5.41) is 2.75. The van der Waals surface area contributed by atoms with Gasteiger partial charge in [-0.15, -0.1) is 0 Å². The van der Waals surface area contributed by atoms with Crippen LogP contribution in [0.5, 0.6) is 0 Å². The normalized spacial score (nSPS) is 19.7. The van der Waals surface area contributed by atoms with E-state index >= 15 is 0 Å². The van der Waals surface area contributed by atoms with E-state index in [1.807, 2.05) is 19.0 Å². The smallest absolute Gasteiger partial charge is 0.242 e. The maximum atomic E-state index is 12.4. The van der Waals surface area contributed by atoms with Crippen LogP contribution in [0.1, 0.15) is 19.3 Å². The van der Waals surface area contributed by atoms with Crippen LogP contribution in [0.4, 0.5) is 11.5 Å². The van der Waals surface area contributed by atoms with Crippen molar-refractivity contribution in [1.29, 1.82) is 0 Å². The van der Waals surface area contributed by atoms with Crippen LogP contribution < -0.4 is 10.2 Å². The van der Waals surface area contributed by atoms with Crippen molar-refractivity contribution in [2.45, 2.75) is 25.3 Å². The number of anilines is 2. The van der Waals surface area contributed by atoms with Crippen LogP contribution >= 0.6 is 0 Å². The van der Waals surface area contributed by atoms with Crippen molar-refractivity contribution in [3.05, 3.63) is 18.3 Å². The van der Waals surface area contributed by atoms with E-state index in [0.717, 1.165) is 24.9 Å². The fraction of sp³-hybridized carbons (Fsp3) is 0.571. The maximum Gasteiger partial charge on any atom is 0.242 e. The second-order valence-electron chi connectivity index (χ2n) is 5.67. The van der Waals surface area contributed by atoms with Crippen molar-refractivity contribution < 1.29 is 13.2 Å². The zero-order chi connectivity index (χ0) is 16.3. The lowest BCUT2D eigenvalue weighted by Crippen LogP contribution is -2.49. The molecule has 0 saturated carbocycles. The zero-order valence-electron chi connectivity index (χ0n) is 13.1. The first kappa shape index (κ1) is 16.7. The van der Waals surface area contributed by atoms with E-state index in [1.54, 1.807) is 18.3 Å². The predicted molar refractivity (Wildman–Crippen MR) is 86.4 cm³/mol. The van der Waals surface area contributed by atoms with E-state index < -0.39 is 16.1 Å². The van der Waals surface area contributed by atoms with Gasteiger partial charge >= 0.3 is 0 Å². The van der Waals surface area contributed by atoms with Crippen molar-refractivity contribution in [2.75, 3.05) is 37.1 Å². The summed E-state index contributed by atoms with van der Waals surface area (Å²) < 4.78 is 24.9. The fourth-order valence-electron chi connectivity index (χ4n) is 2.51. The summed E-state index contributed by atoms with van der Waals surface area (Å²) in [6.07, 6.45) is 4.90. The van der Waals surface area contributed by atoms with Crippen molar-refractivity contribution >= 4 is 27.4 Å². The molecule has 22 heavy (non-hydrogen) atoms. The SMILES string of the molecule is CN(C)c1ccc(NC(=O)[C@@H]2CCCCN2S(C)(=O)=O)cn1. The summed E-state index contributed by atoms with van der Waals surface area (Å²) >= 11 is 0. The van der Waals surface area contributed by atoms with Gasteiger partial charge in [0.2, 0.25) is 15.9 Å². The van der Waals surface area contributed by atoms with Gasteiger partial charge in [0.25, 0.3) is 0 Å². The van der Waals surface area contributed by atoms with Crippen molar-refractivity contribution in [1.82, 2.24) is 9.29 Å². The average molecular weight is 326 g/mol. The second kappa shape index (κ2) is 6.62. The molecular weight excluding hydrogens is 304 g/mol. The molecule has 1 amide bonds. The molecule has 0 aromatic carbocycles. The lowest BCUT2D eigenvalue weighted by atomic mass is 10.0. The number of hydrogen-bond donors (Lipinski definition) is 1. The van der Waals surface area contributed by atoms with Crippen LogP contribution in [0.15, 0.2) is 18.3 Å². The Kier molecular flexibility index (Phi) is 5.02. The van der Waals surface area contributed by atoms with E-state index in [-0.39, 0.29) is 5.91 Å². The van der Waals surface area contributed by atoms with E-state index in [0.29, 0.717) is 18.7 Å². The minimum Gasteiger partial charge on any atom is -0.363 e. The number of hydrogen-bond acceptors (Lipinski definition) is 5. The van der Waals surface area contributed by atoms with Crippen molar-refractivity contribution in [2.24, 2.45) is 0 Å². The number of nitrogens with zero attached hydrogens (tertiary/aromatic N) is 3. The minimum absolute atomic E-state index is 0.301. The summed E-state index contributed by atoms with van der Waals surface area (Å²) in [6, 6.07) is 2.91. The largest absolute Gasteiger partial charge is 0.363 e. The molecule has 1 N–H and O–H groups in total. The van der Waals surface area contributed by atoms with Crippen LogP contribution in [-0.2, 0) is 14.8 Å². The maximum absolute atomic E-state index is 12.4. The number of aromatic nitrogens is 1. The molecule has 2 rings (SSSR count). The molecule has 0 unspecified atom stereocenters. The molecule has 1 aliphatic heterocycles. The first-order chi connectivity index (χ1) is 10.3. The van der Waals surface area contributed by atoms with E-state index in [2.05, 4.69) is 10.3 Å². The molecule has 1 aromatic heterocycles.